The first kappa shape index (κ1) is 35.2. The molecular weight excluding hydrogens is 579 g/mol. The molecule has 0 radical (unpaired) electrons. The average Bonchev–Trinajstić information content (AvgIpc) is 2.63. The van der Waals surface area contributed by atoms with Crippen LogP contribution in [0.1, 0.15) is 27.7 Å². The van der Waals surface area contributed by atoms with Crippen LogP contribution in [0.5, 0.6) is 0 Å². The Hall–Kier alpha value is -1.80. The highest BCUT2D eigenvalue weighted by molar-refractivity contribution is 5.78. The maximum Gasteiger partial charge on any atom is 0.460 e. The molecule has 37 heavy (non-hydrogen) atoms. The number of hydrogen-bond acceptors (Lipinski definition) is 4. The summed E-state index contributed by atoms with van der Waals surface area (Å²) in [5.41, 5.74) is -10.1. The lowest BCUT2D eigenvalue weighted by atomic mass is 9.89. The van der Waals surface area contributed by atoms with Crippen molar-refractivity contribution >= 4 is 5.97 Å². The number of halogens is 17. The second kappa shape index (κ2) is 9.15. The zero-order valence-corrected chi connectivity index (χ0v) is 18.6. The summed E-state index contributed by atoms with van der Waals surface area (Å²) in [7, 11) is 0.000605. The van der Waals surface area contributed by atoms with Crippen molar-refractivity contribution in [3.8, 4) is 0 Å². The van der Waals surface area contributed by atoms with Gasteiger partial charge in [-0.3, -0.25) is 0 Å². The third-order valence-corrected chi connectivity index (χ3v) is 4.64. The number of alkyl halides is 17. The van der Waals surface area contributed by atoms with E-state index in [9.17, 15) is 79.4 Å². The molecule has 2 unspecified atom stereocenters. The standard InChI is InChI=1S/C16H15F17O4/c1-7(2,10(18,19)12(22,23)15(28,29)30)37-13(24,16(31,32)33)11(20,21)8(3,4)36-9(17,6(34)35-5)14(25,26)27/h1-5H3. The summed E-state index contributed by atoms with van der Waals surface area (Å²) >= 11 is 0. The van der Waals surface area contributed by atoms with Gasteiger partial charge in [0.05, 0.1) is 7.11 Å². The molecule has 0 spiro atoms. The van der Waals surface area contributed by atoms with Gasteiger partial charge in [-0.1, -0.05) is 0 Å². The lowest BCUT2D eigenvalue weighted by Gasteiger charge is -2.48. The molecule has 0 aromatic rings. The van der Waals surface area contributed by atoms with E-state index in [4.69, 9.17) is 0 Å². The normalized spacial score (nSPS) is 18.8. The van der Waals surface area contributed by atoms with Crippen LogP contribution in [0.15, 0.2) is 0 Å². The molecule has 4 nitrogen and oxygen atoms in total. The average molecular weight is 594 g/mol. The highest BCUT2D eigenvalue weighted by atomic mass is 19.4. The number of carbonyl (C=O) groups is 1. The fourth-order valence-corrected chi connectivity index (χ4v) is 2.42. The molecule has 0 fully saturated rings. The zero-order valence-electron chi connectivity index (χ0n) is 18.6. The molecule has 0 N–H and O–H groups in total. The lowest BCUT2D eigenvalue weighted by molar-refractivity contribution is -0.480. The van der Waals surface area contributed by atoms with Crippen molar-refractivity contribution in [1.29, 1.82) is 0 Å². The molecule has 0 aliphatic carbocycles. The minimum atomic E-state index is -7.43. The lowest BCUT2D eigenvalue weighted by Crippen LogP contribution is -2.73. The smallest absolute Gasteiger partial charge is 0.460 e. The molecule has 0 aliphatic heterocycles. The van der Waals surface area contributed by atoms with Crippen LogP contribution in [0.4, 0.5) is 74.6 Å². The van der Waals surface area contributed by atoms with Gasteiger partial charge in [0.2, 0.25) is 0 Å². The second-order valence-electron chi connectivity index (χ2n) is 8.12. The Kier molecular flexibility index (Phi) is 8.70. The van der Waals surface area contributed by atoms with Crippen LogP contribution in [-0.4, -0.2) is 72.3 Å². The SMILES string of the molecule is COC(=O)C(F)(OC(C)(C)C(F)(F)C(F)(OC(C)(C)C(F)(F)C(F)(F)C(F)(F)F)C(F)(F)F)C(F)(F)F. The molecule has 0 rings (SSSR count). The van der Waals surface area contributed by atoms with Gasteiger partial charge in [0.25, 0.3) is 0 Å². The summed E-state index contributed by atoms with van der Waals surface area (Å²) in [6.07, 6.45) is -21.4. The van der Waals surface area contributed by atoms with Gasteiger partial charge in [0.15, 0.2) is 0 Å². The predicted molar refractivity (Wildman–Crippen MR) is 83.0 cm³/mol. The minimum absolute atomic E-state index is 0.000605. The van der Waals surface area contributed by atoms with Crippen LogP contribution in [0.25, 0.3) is 0 Å². The van der Waals surface area contributed by atoms with E-state index in [2.05, 4.69) is 14.2 Å². The molecule has 0 aromatic carbocycles. The van der Waals surface area contributed by atoms with E-state index in [-0.39, 0.29) is 7.11 Å². The zero-order chi connectivity index (χ0) is 30.7. The fraction of sp³-hybridized carbons (Fsp3) is 0.938. The van der Waals surface area contributed by atoms with Gasteiger partial charge >= 0.3 is 54.0 Å². The number of rotatable bonds is 9. The summed E-state index contributed by atoms with van der Waals surface area (Å²) in [6, 6.07) is 0. The van der Waals surface area contributed by atoms with Gasteiger partial charge in [-0.05, 0) is 27.7 Å². The molecule has 0 saturated heterocycles. The molecule has 0 heterocycles. The first-order chi connectivity index (χ1) is 15.6. The summed E-state index contributed by atoms with van der Waals surface area (Å²) in [5.74, 6) is -37.8. The van der Waals surface area contributed by atoms with E-state index < -0.39 is 92.9 Å². The van der Waals surface area contributed by atoms with Crippen LogP contribution in [-0.2, 0) is 19.0 Å². The van der Waals surface area contributed by atoms with Crippen molar-refractivity contribution < 1.29 is 93.6 Å². The number of methoxy groups -OCH3 is 1. The summed E-state index contributed by atoms with van der Waals surface area (Å²) in [6.45, 7) is -2.95. The van der Waals surface area contributed by atoms with Crippen molar-refractivity contribution in [2.24, 2.45) is 0 Å². The van der Waals surface area contributed by atoms with Gasteiger partial charge in [-0.15, -0.1) is 0 Å². The minimum Gasteiger partial charge on any atom is -0.465 e. The topological polar surface area (TPSA) is 44.8 Å². The Morgan fingerprint density at radius 2 is 0.838 bits per heavy atom. The molecule has 0 bridgehead atoms. The van der Waals surface area contributed by atoms with Crippen LogP contribution in [0, 0.1) is 0 Å². The van der Waals surface area contributed by atoms with E-state index in [0.717, 1.165) is 0 Å². The Bertz CT molecular complexity index is 842. The van der Waals surface area contributed by atoms with E-state index in [1.54, 1.807) is 0 Å². The van der Waals surface area contributed by atoms with Crippen molar-refractivity contribution in [3.63, 3.8) is 0 Å². The Balaban J connectivity index is 7.07. The third-order valence-electron chi connectivity index (χ3n) is 4.64. The molecule has 2 atom stereocenters. The van der Waals surface area contributed by atoms with Crippen LogP contribution in [0.3, 0.4) is 0 Å². The van der Waals surface area contributed by atoms with Crippen molar-refractivity contribution in [2.45, 2.75) is 86.9 Å². The Labute approximate surface area is 195 Å². The first-order valence-electron chi connectivity index (χ1n) is 8.85. The molecule has 21 heteroatoms. The van der Waals surface area contributed by atoms with Crippen LogP contribution in [0.2, 0.25) is 0 Å². The highest BCUT2D eigenvalue weighted by Gasteiger charge is 2.85. The van der Waals surface area contributed by atoms with Gasteiger partial charge < -0.3 is 14.2 Å². The fourth-order valence-electron chi connectivity index (χ4n) is 2.42. The van der Waals surface area contributed by atoms with Crippen molar-refractivity contribution in [1.82, 2.24) is 0 Å². The van der Waals surface area contributed by atoms with E-state index >= 15 is 0 Å². The van der Waals surface area contributed by atoms with Gasteiger partial charge in [0, 0.05) is 0 Å². The van der Waals surface area contributed by atoms with E-state index in [0.29, 0.717) is 0 Å². The molecule has 0 aromatic heterocycles. The van der Waals surface area contributed by atoms with Crippen LogP contribution < -0.4 is 0 Å². The van der Waals surface area contributed by atoms with E-state index in [1.807, 2.05) is 0 Å². The van der Waals surface area contributed by atoms with Gasteiger partial charge in [-0.2, -0.15) is 74.6 Å². The first-order valence-corrected chi connectivity index (χ1v) is 8.85. The van der Waals surface area contributed by atoms with E-state index in [1.165, 1.54) is 0 Å². The molecule has 0 saturated carbocycles. The number of carbonyl (C=O) groups excluding carboxylic acids is 1. The van der Waals surface area contributed by atoms with Crippen LogP contribution >= 0.6 is 0 Å². The summed E-state index contributed by atoms with van der Waals surface area (Å²) in [4.78, 5) is 11.2. The third kappa shape index (κ3) is 5.38. The molecule has 0 amide bonds. The van der Waals surface area contributed by atoms with Gasteiger partial charge in [-0.25, -0.2) is 4.79 Å². The summed E-state index contributed by atoms with van der Waals surface area (Å²) in [5, 5.41) is 0. The maximum absolute atomic E-state index is 14.9. The predicted octanol–water partition coefficient (Wildman–Crippen LogP) is 6.67. The molecule has 0 aliphatic rings. The maximum atomic E-state index is 14.9. The quantitative estimate of drug-likeness (QED) is 0.221. The Morgan fingerprint density at radius 1 is 0.486 bits per heavy atom. The summed E-state index contributed by atoms with van der Waals surface area (Å²) < 4.78 is 239. The molecule has 222 valence electrons. The molecular formula is C16H15F17O4. The number of esters is 1. The van der Waals surface area contributed by atoms with Crippen molar-refractivity contribution in [3.05, 3.63) is 0 Å². The largest absolute Gasteiger partial charge is 0.465 e. The number of hydrogen-bond donors (Lipinski definition) is 0. The Morgan fingerprint density at radius 3 is 1.11 bits per heavy atom. The highest BCUT2D eigenvalue weighted by Crippen LogP contribution is 2.59. The second-order valence-corrected chi connectivity index (χ2v) is 8.12. The monoisotopic (exact) mass is 594 g/mol. The van der Waals surface area contributed by atoms with Gasteiger partial charge in [0.1, 0.15) is 11.2 Å². The van der Waals surface area contributed by atoms with Crippen molar-refractivity contribution in [2.75, 3.05) is 7.11 Å². The number of ether oxygens (including phenoxy) is 3.